The summed E-state index contributed by atoms with van der Waals surface area (Å²) in [6, 6.07) is 13.7. The number of hydrogen-bond acceptors (Lipinski definition) is 6. The van der Waals surface area contributed by atoms with Gasteiger partial charge in [-0.05, 0) is 54.5 Å². The molecule has 194 valence electrons. The number of anilines is 1. The van der Waals surface area contributed by atoms with Crippen molar-refractivity contribution in [1.82, 2.24) is 15.0 Å². The molecule has 0 aliphatic rings. The van der Waals surface area contributed by atoms with Crippen molar-refractivity contribution in [2.75, 3.05) is 24.2 Å². The normalized spacial score (nSPS) is 12.0. The first-order valence-corrected chi connectivity index (χ1v) is 13.8. The Labute approximate surface area is 214 Å². The van der Waals surface area contributed by atoms with Crippen LogP contribution >= 0.6 is 0 Å². The highest BCUT2D eigenvalue weighted by Gasteiger charge is 2.20. The van der Waals surface area contributed by atoms with Crippen LogP contribution in [0.15, 0.2) is 47.0 Å². The lowest BCUT2D eigenvalue weighted by Gasteiger charge is -2.23. The van der Waals surface area contributed by atoms with E-state index < -0.39 is 10.0 Å². The summed E-state index contributed by atoms with van der Waals surface area (Å²) < 4.78 is 31.5. The van der Waals surface area contributed by atoms with Crippen LogP contribution in [0.2, 0.25) is 0 Å². The number of nitrogens with zero attached hydrogens (tertiary/aromatic N) is 4. The predicted octanol–water partition coefficient (Wildman–Crippen LogP) is 4.86. The Bertz CT molecular complexity index is 1290. The summed E-state index contributed by atoms with van der Waals surface area (Å²) in [6.07, 6.45) is 1.77. The van der Waals surface area contributed by atoms with Crippen molar-refractivity contribution in [2.45, 2.75) is 59.4 Å². The number of amides is 1. The van der Waals surface area contributed by atoms with Crippen LogP contribution in [0.3, 0.4) is 0 Å². The van der Waals surface area contributed by atoms with E-state index in [1.54, 1.807) is 7.05 Å². The van der Waals surface area contributed by atoms with Crippen LogP contribution in [0.25, 0.3) is 11.4 Å². The average Bonchev–Trinajstić information content (AvgIpc) is 3.23. The van der Waals surface area contributed by atoms with Crippen LogP contribution in [0, 0.1) is 13.8 Å². The number of aryl methyl sites for hydroxylation is 2. The summed E-state index contributed by atoms with van der Waals surface area (Å²) in [7, 11) is -1.81. The van der Waals surface area contributed by atoms with E-state index in [4.69, 9.17) is 4.52 Å². The smallest absolute Gasteiger partial charge is 0.246 e. The minimum absolute atomic E-state index is 0.0569. The fourth-order valence-corrected chi connectivity index (χ4v) is 4.94. The van der Waals surface area contributed by atoms with E-state index >= 15 is 0 Å². The third-order valence-electron chi connectivity index (χ3n) is 5.92. The van der Waals surface area contributed by atoms with Gasteiger partial charge in [-0.15, -0.1) is 0 Å². The van der Waals surface area contributed by atoms with E-state index in [9.17, 15) is 13.2 Å². The molecule has 2 aromatic carbocycles. The molecule has 0 spiro atoms. The number of hydrogen-bond donors (Lipinski definition) is 0. The fourth-order valence-electron chi connectivity index (χ4n) is 3.99. The van der Waals surface area contributed by atoms with Gasteiger partial charge in [-0.2, -0.15) is 4.98 Å². The van der Waals surface area contributed by atoms with Gasteiger partial charge < -0.3 is 9.42 Å². The van der Waals surface area contributed by atoms with Crippen molar-refractivity contribution in [2.24, 2.45) is 0 Å². The molecule has 0 saturated heterocycles. The highest BCUT2D eigenvalue weighted by Crippen LogP contribution is 2.25. The molecule has 0 fully saturated rings. The van der Waals surface area contributed by atoms with Gasteiger partial charge in [0.1, 0.15) is 0 Å². The molecule has 1 aromatic heterocycles. The first-order valence-electron chi connectivity index (χ1n) is 12.0. The second-order valence-corrected chi connectivity index (χ2v) is 12.3. The lowest BCUT2D eigenvalue weighted by Crippen LogP contribution is -2.32. The van der Waals surface area contributed by atoms with Gasteiger partial charge in [0.25, 0.3) is 0 Å². The van der Waals surface area contributed by atoms with Gasteiger partial charge in [0, 0.05) is 25.6 Å². The van der Waals surface area contributed by atoms with E-state index in [1.807, 2.05) is 44.2 Å². The van der Waals surface area contributed by atoms with Gasteiger partial charge in [-0.1, -0.05) is 56.3 Å². The standard InChI is InChI=1S/C27H36N4O4S/c1-19-15-20(2)17-23(16-19)31(36(7,33)34)14-8-9-25(32)30(6)18-24-28-26(29-35-24)21-10-12-22(13-11-21)27(3,4)5/h10-13,15-17H,8-9,14,18H2,1-7H3. The number of sulfonamides is 1. The maximum atomic E-state index is 12.7. The zero-order chi connectivity index (χ0) is 26.7. The van der Waals surface area contributed by atoms with Crippen LogP contribution < -0.4 is 4.31 Å². The Morgan fingerprint density at radius 1 is 1.03 bits per heavy atom. The van der Waals surface area contributed by atoms with Crippen molar-refractivity contribution >= 4 is 21.6 Å². The zero-order valence-electron chi connectivity index (χ0n) is 22.2. The van der Waals surface area contributed by atoms with Gasteiger partial charge in [0.2, 0.25) is 27.6 Å². The van der Waals surface area contributed by atoms with Crippen LogP contribution in [-0.4, -0.2) is 49.2 Å². The molecule has 0 saturated carbocycles. The summed E-state index contributed by atoms with van der Waals surface area (Å²) in [4.78, 5) is 18.6. The highest BCUT2D eigenvalue weighted by molar-refractivity contribution is 7.92. The molecular formula is C27H36N4O4S. The molecule has 1 heterocycles. The Balaban J connectivity index is 1.58. The van der Waals surface area contributed by atoms with Crippen LogP contribution in [0.4, 0.5) is 5.69 Å². The topological polar surface area (TPSA) is 96.6 Å². The maximum Gasteiger partial charge on any atom is 0.246 e. The number of benzene rings is 2. The van der Waals surface area contributed by atoms with Gasteiger partial charge in [0.05, 0.1) is 18.5 Å². The second kappa shape index (κ2) is 10.8. The SMILES string of the molecule is Cc1cc(C)cc(N(CCCC(=O)N(C)Cc2nc(-c3ccc(C(C)(C)C)cc3)no2)S(C)(=O)=O)c1. The van der Waals surface area contributed by atoms with Crippen LogP contribution in [0.1, 0.15) is 56.2 Å². The predicted molar refractivity (Wildman–Crippen MR) is 142 cm³/mol. The monoisotopic (exact) mass is 512 g/mol. The Hall–Kier alpha value is -3.20. The molecule has 3 aromatic rings. The van der Waals surface area contributed by atoms with E-state index in [0.717, 1.165) is 16.7 Å². The van der Waals surface area contributed by atoms with Gasteiger partial charge >= 0.3 is 0 Å². The Morgan fingerprint density at radius 3 is 2.19 bits per heavy atom. The summed E-state index contributed by atoms with van der Waals surface area (Å²) in [6.45, 7) is 10.7. The third kappa shape index (κ3) is 7.16. The fraction of sp³-hybridized carbons (Fsp3) is 0.444. The summed E-state index contributed by atoms with van der Waals surface area (Å²) >= 11 is 0. The zero-order valence-corrected chi connectivity index (χ0v) is 23.0. The minimum Gasteiger partial charge on any atom is -0.337 e. The summed E-state index contributed by atoms with van der Waals surface area (Å²) in [5.74, 6) is 0.690. The largest absolute Gasteiger partial charge is 0.337 e. The molecule has 0 aliphatic heterocycles. The maximum absolute atomic E-state index is 12.7. The van der Waals surface area contributed by atoms with E-state index in [2.05, 4.69) is 43.0 Å². The molecule has 1 amide bonds. The van der Waals surface area contributed by atoms with Crippen molar-refractivity contribution < 1.29 is 17.7 Å². The van der Waals surface area contributed by atoms with Gasteiger partial charge in [-0.3, -0.25) is 9.10 Å². The van der Waals surface area contributed by atoms with Crippen LogP contribution in [0.5, 0.6) is 0 Å². The average molecular weight is 513 g/mol. The van der Waals surface area contributed by atoms with E-state index in [-0.39, 0.29) is 30.8 Å². The molecule has 0 atom stereocenters. The number of carbonyl (C=O) groups excluding carboxylic acids is 1. The molecule has 0 radical (unpaired) electrons. The van der Waals surface area contributed by atoms with Gasteiger partial charge in [0.15, 0.2) is 0 Å². The molecule has 0 bridgehead atoms. The third-order valence-corrected chi connectivity index (χ3v) is 7.12. The van der Waals surface area contributed by atoms with Gasteiger partial charge in [-0.25, -0.2) is 8.42 Å². The minimum atomic E-state index is -3.48. The van der Waals surface area contributed by atoms with E-state index in [0.29, 0.717) is 23.8 Å². The van der Waals surface area contributed by atoms with Crippen molar-refractivity contribution in [1.29, 1.82) is 0 Å². The number of rotatable bonds is 9. The quantitative estimate of drug-likeness (QED) is 0.406. The summed E-state index contributed by atoms with van der Waals surface area (Å²) in [5, 5.41) is 4.05. The first kappa shape index (κ1) is 27.4. The first-order chi connectivity index (χ1) is 16.7. The molecule has 0 unspecified atom stereocenters. The molecular weight excluding hydrogens is 476 g/mol. The lowest BCUT2D eigenvalue weighted by atomic mass is 9.87. The Morgan fingerprint density at radius 2 is 1.64 bits per heavy atom. The lowest BCUT2D eigenvalue weighted by molar-refractivity contribution is -0.130. The molecule has 8 nitrogen and oxygen atoms in total. The van der Waals surface area contributed by atoms with Crippen molar-refractivity contribution in [3.05, 3.63) is 65.0 Å². The summed E-state index contributed by atoms with van der Waals surface area (Å²) in [5.41, 5.74) is 4.70. The van der Waals surface area contributed by atoms with Crippen LogP contribution in [-0.2, 0) is 26.8 Å². The molecule has 36 heavy (non-hydrogen) atoms. The number of aromatic nitrogens is 2. The number of carbonyl (C=O) groups is 1. The van der Waals surface area contributed by atoms with E-state index in [1.165, 1.54) is 21.0 Å². The van der Waals surface area contributed by atoms with Crippen molar-refractivity contribution in [3.8, 4) is 11.4 Å². The molecule has 9 heteroatoms. The molecule has 0 N–H and O–H groups in total. The second-order valence-electron chi connectivity index (χ2n) is 10.4. The van der Waals surface area contributed by atoms with Crippen molar-refractivity contribution in [3.63, 3.8) is 0 Å². The molecule has 3 rings (SSSR count). The highest BCUT2D eigenvalue weighted by atomic mass is 32.2. The Kier molecular flexibility index (Phi) is 8.23. The molecule has 0 aliphatic carbocycles.